The van der Waals surface area contributed by atoms with Crippen molar-refractivity contribution in [1.29, 1.82) is 0 Å². The molecule has 3 N–H and O–H groups in total. The Bertz CT molecular complexity index is 277. The summed E-state index contributed by atoms with van der Waals surface area (Å²) in [6.07, 6.45) is 3.37. The van der Waals surface area contributed by atoms with Crippen LogP contribution in [0, 0.1) is 5.92 Å². The van der Waals surface area contributed by atoms with E-state index < -0.39 is 17.9 Å². The molecular weight excluding hydrogens is 222 g/mol. The fourth-order valence-electron chi connectivity index (χ4n) is 1.73. The number of rotatable bonds is 4. The molecule has 0 aromatic rings. The van der Waals surface area contributed by atoms with Crippen LogP contribution in [0.5, 0.6) is 0 Å². The van der Waals surface area contributed by atoms with E-state index in [9.17, 15) is 9.59 Å². The second-order valence-electron chi connectivity index (χ2n) is 4.55. The van der Waals surface area contributed by atoms with Gasteiger partial charge in [0.1, 0.15) is 0 Å². The summed E-state index contributed by atoms with van der Waals surface area (Å²) in [4.78, 5) is 22.3. The molecule has 6 heteroatoms. The van der Waals surface area contributed by atoms with Crippen LogP contribution in [0.2, 0.25) is 0 Å². The minimum absolute atomic E-state index is 0.326. The molecule has 6 nitrogen and oxygen atoms in total. The number of piperidine rings is 1. The summed E-state index contributed by atoms with van der Waals surface area (Å²) in [5.41, 5.74) is 2.73. The van der Waals surface area contributed by atoms with Crippen molar-refractivity contribution in [1.82, 2.24) is 15.8 Å². The zero-order valence-corrected chi connectivity index (χ0v) is 10.4. The van der Waals surface area contributed by atoms with Gasteiger partial charge in [-0.2, -0.15) is 0 Å². The van der Waals surface area contributed by atoms with Gasteiger partial charge in [0, 0.05) is 19.1 Å². The van der Waals surface area contributed by atoms with Crippen LogP contribution >= 0.6 is 0 Å². The summed E-state index contributed by atoms with van der Waals surface area (Å²) in [6, 6.07) is -0.718. The Labute approximate surface area is 101 Å². The van der Waals surface area contributed by atoms with Gasteiger partial charge in [0.2, 0.25) is 0 Å². The molecule has 0 bridgehead atoms. The fraction of sp³-hybridized carbons (Fsp3) is 0.818. The number of carbonyl (C=O) groups excluding carboxylic acids is 1. The lowest BCUT2D eigenvalue weighted by atomic mass is 10.0. The van der Waals surface area contributed by atoms with Crippen molar-refractivity contribution in [2.75, 3.05) is 13.1 Å². The first-order valence-corrected chi connectivity index (χ1v) is 6.05. The van der Waals surface area contributed by atoms with E-state index in [0.29, 0.717) is 0 Å². The highest BCUT2D eigenvalue weighted by molar-refractivity contribution is 5.76. The minimum atomic E-state index is -0.907. The van der Waals surface area contributed by atoms with Crippen molar-refractivity contribution in [2.45, 2.75) is 39.2 Å². The number of hydrazine groups is 1. The SMILES string of the molecule is CC(NC(=O)NN1CCCCC1)C(C)C(=O)O. The molecule has 2 amide bonds. The number of carbonyl (C=O) groups is 2. The van der Waals surface area contributed by atoms with Crippen LogP contribution in [0.25, 0.3) is 0 Å². The molecule has 0 aromatic heterocycles. The normalized spacial score (nSPS) is 20.4. The van der Waals surface area contributed by atoms with E-state index in [1.165, 1.54) is 6.42 Å². The maximum atomic E-state index is 11.6. The second-order valence-corrected chi connectivity index (χ2v) is 4.55. The smallest absolute Gasteiger partial charge is 0.329 e. The van der Waals surface area contributed by atoms with Gasteiger partial charge in [0.15, 0.2) is 0 Å². The van der Waals surface area contributed by atoms with Crippen LogP contribution in [0.4, 0.5) is 4.79 Å². The first kappa shape index (κ1) is 13.8. The summed E-state index contributed by atoms with van der Waals surface area (Å²) in [5, 5.41) is 13.3. The molecule has 1 rings (SSSR count). The Hall–Kier alpha value is -1.30. The average molecular weight is 243 g/mol. The number of carboxylic acids is 1. The monoisotopic (exact) mass is 243 g/mol. The molecule has 17 heavy (non-hydrogen) atoms. The van der Waals surface area contributed by atoms with E-state index in [0.717, 1.165) is 25.9 Å². The summed E-state index contributed by atoms with van der Waals surface area (Å²) in [5.74, 6) is -1.50. The highest BCUT2D eigenvalue weighted by Crippen LogP contribution is 2.06. The number of amides is 2. The Balaban J connectivity index is 2.30. The predicted molar refractivity (Wildman–Crippen MR) is 63.4 cm³/mol. The van der Waals surface area contributed by atoms with Gasteiger partial charge in [-0.1, -0.05) is 6.42 Å². The van der Waals surface area contributed by atoms with Gasteiger partial charge in [-0.15, -0.1) is 0 Å². The number of aliphatic carboxylic acids is 1. The van der Waals surface area contributed by atoms with Crippen molar-refractivity contribution >= 4 is 12.0 Å². The van der Waals surface area contributed by atoms with E-state index in [1.807, 2.05) is 5.01 Å². The van der Waals surface area contributed by atoms with Gasteiger partial charge in [-0.3, -0.25) is 10.2 Å². The number of urea groups is 1. The van der Waals surface area contributed by atoms with E-state index in [-0.39, 0.29) is 6.03 Å². The maximum Gasteiger partial charge on any atom is 0.329 e. The lowest BCUT2D eigenvalue weighted by Crippen LogP contribution is -2.52. The lowest BCUT2D eigenvalue weighted by Gasteiger charge is -2.28. The van der Waals surface area contributed by atoms with Gasteiger partial charge < -0.3 is 10.4 Å². The van der Waals surface area contributed by atoms with Gasteiger partial charge in [0.25, 0.3) is 0 Å². The van der Waals surface area contributed by atoms with Crippen molar-refractivity contribution in [2.24, 2.45) is 5.92 Å². The molecule has 0 saturated carbocycles. The molecule has 1 aliphatic rings. The molecule has 2 atom stereocenters. The van der Waals surface area contributed by atoms with Crippen LogP contribution in [-0.2, 0) is 4.79 Å². The Morgan fingerprint density at radius 3 is 2.29 bits per heavy atom. The van der Waals surface area contributed by atoms with Gasteiger partial charge >= 0.3 is 12.0 Å². The molecule has 1 heterocycles. The van der Waals surface area contributed by atoms with Crippen LogP contribution in [0.15, 0.2) is 0 Å². The zero-order chi connectivity index (χ0) is 12.8. The molecule has 1 fully saturated rings. The van der Waals surface area contributed by atoms with Gasteiger partial charge in [-0.25, -0.2) is 9.80 Å². The third-order valence-electron chi connectivity index (χ3n) is 3.11. The first-order valence-electron chi connectivity index (χ1n) is 6.05. The quantitative estimate of drug-likeness (QED) is 0.682. The van der Waals surface area contributed by atoms with Crippen molar-refractivity contribution in [3.8, 4) is 0 Å². The predicted octanol–water partition coefficient (Wildman–Crippen LogP) is 0.796. The highest BCUT2D eigenvalue weighted by atomic mass is 16.4. The first-order chi connectivity index (χ1) is 8.00. The molecule has 0 aliphatic carbocycles. The molecule has 1 saturated heterocycles. The second kappa shape index (κ2) is 6.44. The molecule has 0 radical (unpaired) electrons. The summed E-state index contributed by atoms with van der Waals surface area (Å²) in [7, 11) is 0. The average Bonchev–Trinajstić information content (AvgIpc) is 2.28. The standard InChI is InChI=1S/C11H21N3O3/c1-8(10(15)16)9(2)12-11(17)13-14-6-4-3-5-7-14/h8-9H,3-7H2,1-2H3,(H,15,16)(H2,12,13,17). The lowest BCUT2D eigenvalue weighted by molar-refractivity contribution is -0.141. The van der Waals surface area contributed by atoms with E-state index in [4.69, 9.17) is 5.11 Å². The van der Waals surface area contributed by atoms with Gasteiger partial charge in [-0.05, 0) is 26.7 Å². The molecule has 98 valence electrons. The molecule has 1 aliphatic heterocycles. The maximum absolute atomic E-state index is 11.6. The van der Waals surface area contributed by atoms with Crippen LogP contribution in [0.1, 0.15) is 33.1 Å². The molecule has 0 spiro atoms. The molecule has 2 unspecified atom stereocenters. The molecule has 0 aromatic carbocycles. The van der Waals surface area contributed by atoms with Crippen molar-refractivity contribution in [3.63, 3.8) is 0 Å². The third-order valence-corrected chi connectivity index (χ3v) is 3.11. The molecular formula is C11H21N3O3. The zero-order valence-electron chi connectivity index (χ0n) is 10.4. The third kappa shape index (κ3) is 4.60. The summed E-state index contributed by atoms with van der Waals surface area (Å²) < 4.78 is 0. The highest BCUT2D eigenvalue weighted by Gasteiger charge is 2.21. The number of nitrogens with one attached hydrogen (secondary N) is 2. The van der Waals surface area contributed by atoms with E-state index >= 15 is 0 Å². The Kier molecular flexibility index (Phi) is 5.21. The van der Waals surface area contributed by atoms with Gasteiger partial charge in [0.05, 0.1) is 5.92 Å². The minimum Gasteiger partial charge on any atom is -0.481 e. The Morgan fingerprint density at radius 1 is 1.18 bits per heavy atom. The summed E-state index contributed by atoms with van der Waals surface area (Å²) in [6.45, 7) is 4.98. The number of nitrogens with zero attached hydrogens (tertiary/aromatic N) is 1. The fourth-order valence-corrected chi connectivity index (χ4v) is 1.73. The number of hydrogen-bond acceptors (Lipinski definition) is 3. The van der Waals surface area contributed by atoms with Crippen molar-refractivity contribution in [3.05, 3.63) is 0 Å². The largest absolute Gasteiger partial charge is 0.481 e. The number of hydrogen-bond donors (Lipinski definition) is 3. The van der Waals surface area contributed by atoms with E-state index in [2.05, 4.69) is 10.7 Å². The summed E-state index contributed by atoms with van der Waals surface area (Å²) >= 11 is 0. The number of carboxylic acid groups (broad SMARTS) is 1. The van der Waals surface area contributed by atoms with Crippen LogP contribution in [0.3, 0.4) is 0 Å². The van der Waals surface area contributed by atoms with Crippen LogP contribution < -0.4 is 10.7 Å². The topological polar surface area (TPSA) is 81.7 Å². The van der Waals surface area contributed by atoms with E-state index in [1.54, 1.807) is 13.8 Å². The van der Waals surface area contributed by atoms with Crippen LogP contribution in [-0.4, -0.2) is 41.2 Å². The Morgan fingerprint density at radius 2 is 1.76 bits per heavy atom. The van der Waals surface area contributed by atoms with Crippen molar-refractivity contribution < 1.29 is 14.7 Å².